The number of guanidine groups is 4. The number of anilines is 2. The fourth-order valence-electron chi connectivity index (χ4n) is 5.77. The summed E-state index contributed by atoms with van der Waals surface area (Å²) in [5.41, 5.74) is 24.8. The number of rotatable bonds is 24. The Hall–Kier alpha value is -3.48. The van der Waals surface area contributed by atoms with Crippen LogP contribution in [0, 0.1) is 0 Å². The van der Waals surface area contributed by atoms with Gasteiger partial charge in [0.25, 0.3) is 0 Å². The lowest BCUT2D eigenvalue weighted by molar-refractivity contribution is -0.697. The number of aromatic nitrogens is 1. The molecule has 0 saturated heterocycles. The topological polar surface area (TPSA) is 181 Å². The summed E-state index contributed by atoms with van der Waals surface area (Å²) in [5, 5.41) is 7.11. The van der Waals surface area contributed by atoms with Gasteiger partial charge in [-0.1, -0.05) is 126 Å². The highest BCUT2D eigenvalue weighted by Crippen LogP contribution is 2.15. The molecule has 3 rings (SSSR count). The van der Waals surface area contributed by atoms with E-state index in [2.05, 4.69) is 72.7 Å². The molecule has 0 unspecified atom stereocenters. The van der Waals surface area contributed by atoms with E-state index in [1.165, 1.54) is 96.4 Å². The second-order valence-electron chi connectivity index (χ2n) is 13.9. The monoisotopic (exact) mass is 915 g/mol. The molecular formula is C43H70Cl5N11. The number of aryl methyl sites for hydroxylation is 1. The van der Waals surface area contributed by atoms with Crippen LogP contribution in [-0.2, 0) is 6.54 Å². The Bertz CT molecular complexity index is 1470. The molecular weight excluding hydrogens is 848 g/mol. The Morgan fingerprint density at radius 2 is 0.847 bits per heavy atom. The van der Waals surface area contributed by atoms with E-state index in [0.717, 1.165) is 37.1 Å². The molecule has 0 fully saturated rings. The molecule has 1 aromatic heterocycles. The van der Waals surface area contributed by atoms with Crippen molar-refractivity contribution in [2.24, 2.45) is 42.9 Å². The molecule has 10 N–H and O–H groups in total. The Balaban J connectivity index is 0. The van der Waals surface area contributed by atoms with Gasteiger partial charge in [-0.3, -0.25) is 9.98 Å². The number of halogens is 5. The lowest BCUT2D eigenvalue weighted by atomic mass is 10.0. The van der Waals surface area contributed by atoms with Crippen LogP contribution in [0.1, 0.15) is 122 Å². The van der Waals surface area contributed by atoms with Crippen molar-refractivity contribution in [1.29, 1.82) is 0 Å². The van der Waals surface area contributed by atoms with Gasteiger partial charge in [-0.2, -0.15) is 9.98 Å². The third kappa shape index (κ3) is 33.0. The van der Waals surface area contributed by atoms with E-state index in [4.69, 9.17) is 46.1 Å². The van der Waals surface area contributed by atoms with Crippen molar-refractivity contribution in [2.75, 3.05) is 23.7 Å². The average molecular weight is 918 g/mol. The van der Waals surface area contributed by atoms with Crippen molar-refractivity contribution in [2.45, 2.75) is 129 Å². The van der Waals surface area contributed by atoms with Crippen molar-refractivity contribution in [1.82, 2.24) is 0 Å². The largest absolute Gasteiger partial charge is 1.00 e. The van der Waals surface area contributed by atoms with Crippen LogP contribution < -0.4 is 50.5 Å². The molecule has 332 valence electrons. The standard InChI is InChI=1S/C22H30Cl2N10.C21H38N.3ClH/c23-15-5-9-17(10-6-15)31-21(27)33-19(25)29-13-3-1-2-4-14-30-20(26)34-22(28)32-18-11-7-16(24)8-12-18;1-2-3-4-5-6-7-8-9-10-11-12-13-14-16-19-22-20-17-15-18-21-22;;;/h5-12H,1-4,13-14H2,(H5,25,27,29,31,33)(H5,26,28,30,32,34);15,17-18,20-21H,2-14,16,19H2,1H3;3*1H/q;+1;;;/p-1. The lowest BCUT2D eigenvalue weighted by Crippen LogP contribution is -3.00. The third-order valence-electron chi connectivity index (χ3n) is 8.86. The number of nitrogens with one attached hydrogen (secondary N) is 2. The minimum atomic E-state index is 0. The second-order valence-corrected chi connectivity index (χ2v) is 14.7. The predicted octanol–water partition coefficient (Wildman–Crippen LogP) is 7.64. The van der Waals surface area contributed by atoms with Gasteiger partial charge in [0.1, 0.15) is 6.54 Å². The summed E-state index contributed by atoms with van der Waals surface area (Å²) < 4.78 is 2.29. The van der Waals surface area contributed by atoms with Gasteiger partial charge < -0.3 is 46.0 Å². The number of unbranched alkanes of at least 4 members (excludes halogenated alkanes) is 16. The maximum Gasteiger partial charge on any atom is 0.218 e. The highest BCUT2D eigenvalue weighted by atomic mass is 35.5. The summed E-state index contributed by atoms with van der Waals surface area (Å²) in [6.45, 7) is 4.59. The van der Waals surface area contributed by atoms with Gasteiger partial charge in [-0.25, -0.2) is 4.57 Å². The quantitative estimate of drug-likeness (QED) is 0.0233. The van der Waals surface area contributed by atoms with Crippen LogP contribution in [0.4, 0.5) is 11.4 Å². The van der Waals surface area contributed by atoms with E-state index >= 15 is 0 Å². The number of pyridine rings is 1. The summed E-state index contributed by atoms with van der Waals surface area (Å²) in [6, 6.07) is 20.5. The predicted molar refractivity (Wildman–Crippen MR) is 256 cm³/mol. The summed E-state index contributed by atoms with van der Waals surface area (Å²) in [7, 11) is 0. The van der Waals surface area contributed by atoms with E-state index in [1.807, 2.05) is 0 Å². The van der Waals surface area contributed by atoms with E-state index in [1.54, 1.807) is 48.5 Å². The smallest absolute Gasteiger partial charge is 0.218 e. The third-order valence-corrected chi connectivity index (χ3v) is 9.37. The first-order valence-corrected chi connectivity index (χ1v) is 21.3. The number of aliphatic imine (C=N–C) groups is 4. The molecule has 1 heterocycles. The Morgan fingerprint density at radius 1 is 0.508 bits per heavy atom. The molecule has 0 aliphatic heterocycles. The van der Waals surface area contributed by atoms with Crippen molar-refractivity contribution >= 4 is 83.2 Å². The van der Waals surface area contributed by atoms with Crippen LogP contribution in [0.5, 0.6) is 0 Å². The summed E-state index contributed by atoms with van der Waals surface area (Å²) in [4.78, 5) is 16.5. The second kappa shape index (κ2) is 38.7. The summed E-state index contributed by atoms with van der Waals surface area (Å²) >= 11 is 11.7. The first kappa shape index (κ1) is 57.6. The molecule has 0 spiro atoms. The van der Waals surface area contributed by atoms with Crippen LogP contribution in [0.3, 0.4) is 0 Å². The molecule has 11 nitrogen and oxygen atoms in total. The number of hydrogen-bond donors (Lipinski definition) is 6. The Morgan fingerprint density at radius 3 is 1.22 bits per heavy atom. The van der Waals surface area contributed by atoms with Crippen molar-refractivity contribution in [3.63, 3.8) is 0 Å². The van der Waals surface area contributed by atoms with E-state index in [9.17, 15) is 0 Å². The van der Waals surface area contributed by atoms with Crippen molar-refractivity contribution in [3.05, 3.63) is 89.2 Å². The molecule has 2 aromatic carbocycles. The molecule has 0 atom stereocenters. The van der Waals surface area contributed by atoms with Gasteiger partial charge in [-0.15, -0.1) is 24.8 Å². The van der Waals surface area contributed by atoms with E-state index in [0.29, 0.717) is 23.1 Å². The molecule has 59 heavy (non-hydrogen) atoms. The lowest BCUT2D eigenvalue weighted by Gasteiger charge is -2.05. The number of hydrogen-bond acceptors (Lipinski definition) is 2. The van der Waals surface area contributed by atoms with E-state index in [-0.39, 0.29) is 61.1 Å². The van der Waals surface area contributed by atoms with Gasteiger partial charge in [0.05, 0.1) is 0 Å². The summed E-state index contributed by atoms with van der Waals surface area (Å²) in [5.74, 6) is 0.564. The molecule has 0 aliphatic carbocycles. The molecule has 0 amide bonds. The zero-order chi connectivity index (χ0) is 40.5. The zero-order valence-corrected chi connectivity index (χ0v) is 38.8. The highest BCUT2D eigenvalue weighted by Gasteiger charge is 2.00. The highest BCUT2D eigenvalue weighted by molar-refractivity contribution is 6.31. The molecule has 0 aliphatic rings. The molecule has 0 bridgehead atoms. The fourth-order valence-corrected chi connectivity index (χ4v) is 6.02. The molecule has 16 heteroatoms. The van der Waals surface area contributed by atoms with Crippen molar-refractivity contribution < 1.29 is 17.0 Å². The number of benzene rings is 2. The first-order chi connectivity index (χ1) is 27.2. The zero-order valence-electron chi connectivity index (χ0n) is 34.9. The fraction of sp³-hybridized carbons (Fsp3) is 0.512. The van der Waals surface area contributed by atoms with Gasteiger partial charge in [0.2, 0.25) is 23.8 Å². The van der Waals surface area contributed by atoms with Gasteiger partial charge in [0, 0.05) is 53.1 Å². The van der Waals surface area contributed by atoms with Gasteiger partial charge in [-0.05, 0) is 67.8 Å². The van der Waals surface area contributed by atoms with Gasteiger partial charge >= 0.3 is 0 Å². The molecule has 3 aromatic rings. The van der Waals surface area contributed by atoms with Crippen LogP contribution in [0.2, 0.25) is 10.0 Å². The van der Waals surface area contributed by atoms with Crippen LogP contribution in [0.15, 0.2) is 99.1 Å². The van der Waals surface area contributed by atoms with Crippen molar-refractivity contribution in [3.8, 4) is 0 Å². The average Bonchev–Trinajstić information content (AvgIpc) is 3.18. The van der Waals surface area contributed by atoms with Crippen LogP contribution >= 0.6 is 48.0 Å². The maximum absolute atomic E-state index is 5.85. The molecule has 0 radical (unpaired) electrons. The van der Waals surface area contributed by atoms with Crippen LogP contribution in [-0.4, -0.2) is 36.9 Å². The van der Waals surface area contributed by atoms with E-state index < -0.39 is 0 Å². The number of nitrogens with two attached hydrogens (primary N) is 4. The Kier molecular flexibility index (Phi) is 37.8. The number of nitrogens with zero attached hydrogens (tertiary/aromatic N) is 5. The molecule has 0 saturated carbocycles. The first-order valence-electron chi connectivity index (χ1n) is 20.5. The minimum Gasteiger partial charge on any atom is -1.00 e. The van der Waals surface area contributed by atoms with Gasteiger partial charge in [0.15, 0.2) is 12.4 Å². The maximum atomic E-state index is 5.85. The SMILES string of the molecule is CCCCCCCCCCCCCCCC[n+]1ccccc1.Cl.Cl.NC(=NCCCCCCN=C(N)N=C(N)Nc1ccc(Cl)cc1)N=C(N)Nc1ccc(Cl)cc1.[Cl-]. The van der Waals surface area contributed by atoms with Crippen LogP contribution in [0.25, 0.3) is 0 Å². The Labute approximate surface area is 383 Å². The normalized spacial score (nSPS) is 11.6. The minimum absolute atomic E-state index is 0. The summed E-state index contributed by atoms with van der Waals surface area (Å²) in [6.07, 6.45) is 28.1.